The van der Waals surface area contributed by atoms with Crippen molar-refractivity contribution in [3.8, 4) is 5.75 Å². The van der Waals surface area contributed by atoms with Crippen molar-refractivity contribution < 1.29 is 26.7 Å². The van der Waals surface area contributed by atoms with E-state index in [2.05, 4.69) is 10.0 Å². The predicted molar refractivity (Wildman–Crippen MR) is 114 cm³/mol. The van der Waals surface area contributed by atoms with Crippen LogP contribution in [0, 0.1) is 11.6 Å². The lowest BCUT2D eigenvalue weighted by Gasteiger charge is -2.12. The summed E-state index contributed by atoms with van der Waals surface area (Å²) in [5, 5.41) is 2.34. The number of benzene rings is 3. The first-order valence-electron chi connectivity index (χ1n) is 9.01. The standard InChI is InChI=1S/C21H17ClF2N2O4S/c1-2-30-15-6-3-13(4-7-15)26-31(28,29)16-8-9-18(22)17(12-16)21(27)25-14-5-10-19(23)20(24)11-14/h3-12,26H,2H2,1H3,(H,25,27). The van der Waals surface area contributed by atoms with Crippen LogP contribution < -0.4 is 14.8 Å². The van der Waals surface area contributed by atoms with Crippen LogP contribution in [0.15, 0.2) is 65.6 Å². The van der Waals surface area contributed by atoms with Crippen LogP contribution in [0.4, 0.5) is 20.2 Å². The Morgan fingerprint density at radius 2 is 1.65 bits per heavy atom. The molecule has 6 nitrogen and oxygen atoms in total. The van der Waals surface area contributed by atoms with E-state index in [1.807, 2.05) is 6.92 Å². The molecule has 3 rings (SSSR count). The number of carbonyl (C=O) groups excluding carboxylic acids is 1. The Kier molecular flexibility index (Phi) is 6.77. The van der Waals surface area contributed by atoms with Gasteiger partial charge in [0.1, 0.15) is 5.75 Å². The molecular weight excluding hydrogens is 450 g/mol. The van der Waals surface area contributed by atoms with Crippen LogP contribution in [0.1, 0.15) is 17.3 Å². The van der Waals surface area contributed by atoms with Crippen LogP contribution >= 0.6 is 11.6 Å². The first kappa shape index (κ1) is 22.5. The third-order valence-electron chi connectivity index (χ3n) is 4.09. The molecule has 0 aliphatic carbocycles. The minimum Gasteiger partial charge on any atom is -0.494 e. The number of sulfonamides is 1. The van der Waals surface area contributed by atoms with Gasteiger partial charge in [0.15, 0.2) is 11.6 Å². The molecule has 31 heavy (non-hydrogen) atoms. The Hall–Kier alpha value is -3.17. The van der Waals surface area contributed by atoms with Crippen molar-refractivity contribution in [2.75, 3.05) is 16.6 Å². The average Bonchev–Trinajstić information content (AvgIpc) is 2.72. The first-order chi connectivity index (χ1) is 14.7. The van der Waals surface area contributed by atoms with Crippen molar-refractivity contribution in [3.05, 3.63) is 82.9 Å². The molecular formula is C21H17ClF2N2O4S. The highest BCUT2D eigenvalue weighted by atomic mass is 35.5. The van der Waals surface area contributed by atoms with Gasteiger partial charge in [-0.2, -0.15) is 0 Å². The van der Waals surface area contributed by atoms with E-state index in [1.165, 1.54) is 24.3 Å². The molecule has 0 aliphatic rings. The lowest BCUT2D eigenvalue weighted by Crippen LogP contribution is -2.16. The summed E-state index contributed by atoms with van der Waals surface area (Å²) in [5.74, 6) is -2.40. The van der Waals surface area contributed by atoms with Crippen molar-refractivity contribution in [1.82, 2.24) is 0 Å². The summed E-state index contributed by atoms with van der Waals surface area (Å²) >= 11 is 6.05. The number of amides is 1. The second-order valence-corrected chi connectivity index (χ2v) is 8.38. The van der Waals surface area contributed by atoms with Crippen molar-refractivity contribution in [1.29, 1.82) is 0 Å². The van der Waals surface area contributed by atoms with Crippen LogP contribution in [0.5, 0.6) is 5.75 Å². The molecule has 0 heterocycles. The highest BCUT2D eigenvalue weighted by Gasteiger charge is 2.19. The second-order valence-electron chi connectivity index (χ2n) is 6.29. The molecule has 0 aliphatic heterocycles. The number of anilines is 2. The fourth-order valence-corrected chi connectivity index (χ4v) is 3.91. The number of hydrogen-bond acceptors (Lipinski definition) is 4. The third-order valence-corrected chi connectivity index (χ3v) is 5.80. The van der Waals surface area contributed by atoms with Crippen LogP contribution in [0.3, 0.4) is 0 Å². The van der Waals surface area contributed by atoms with Crippen LogP contribution in [-0.2, 0) is 10.0 Å². The van der Waals surface area contributed by atoms with Gasteiger partial charge in [-0.3, -0.25) is 9.52 Å². The van der Waals surface area contributed by atoms with Gasteiger partial charge in [0.25, 0.3) is 15.9 Å². The van der Waals surface area contributed by atoms with Gasteiger partial charge in [-0.15, -0.1) is 0 Å². The molecule has 0 radical (unpaired) electrons. The summed E-state index contributed by atoms with van der Waals surface area (Å²) in [6, 6.07) is 12.7. The molecule has 0 saturated heterocycles. The number of carbonyl (C=O) groups is 1. The Morgan fingerprint density at radius 1 is 0.968 bits per heavy atom. The highest BCUT2D eigenvalue weighted by molar-refractivity contribution is 7.92. The SMILES string of the molecule is CCOc1ccc(NS(=O)(=O)c2ccc(Cl)c(C(=O)Nc3ccc(F)c(F)c3)c2)cc1. The molecule has 0 bridgehead atoms. The molecule has 0 fully saturated rings. The van der Waals surface area contributed by atoms with Crippen LogP contribution in [0.2, 0.25) is 5.02 Å². The first-order valence-corrected chi connectivity index (χ1v) is 10.9. The van der Waals surface area contributed by atoms with Gasteiger partial charge in [0, 0.05) is 17.4 Å². The summed E-state index contributed by atoms with van der Waals surface area (Å²) in [4.78, 5) is 12.3. The maximum atomic E-state index is 13.4. The topological polar surface area (TPSA) is 84.5 Å². The number of ether oxygens (including phenoxy) is 1. The van der Waals surface area contributed by atoms with Gasteiger partial charge >= 0.3 is 0 Å². The van der Waals surface area contributed by atoms with Gasteiger partial charge in [0.2, 0.25) is 0 Å². The minimum absolute atomic E-state index is 0.0132. The largest absolute Gasteiger partial charge is 0.494 e. The molecule has 162 valence electrons. The van der Waals surface area contributed by atoms with E-state index in [0.717, 1.165) is 24.3 Å². The summed E-state index contributed by atoms with van der Waals surface area (Å²) in [6.07, 6.45) is 0. The maximum Gasteiger partial charge on any atom is 0.261 e. The van der Waals surface area contributed by atoms with E-state index in [-0.39, 0.29) is 21.2 Å². The lowest BCUT2D eigenvalue weighted by atomic mass is 10.2. The molecule has 10 heteroatoms. The Balaban J connectivity index is 1.83. The van der Waals surface area contributed by atoms with Crippen molar-refractivity contribution in [2.24, 2.45) is 0 Å². The Morgan fingerprint density at radius 3 is 2.29 bits per heavy atom. The molecule has 3 aromatic carbocycles. The average molecular weight is 467 g/mol. The predicted octanol–water partition coefficient (Wildman–Crippen LogP) is 5.07. The summed E-state index contributed by atoms with van der Waals surface area (Å²) in [7, 11) is -4.04. The van der Waals surface area contributed by atoms with Crippen LogP contribution in [0.25, 0.3) is 0 Å². The zero-order valence-electron chi connectivity index (χ0n) is 16.2. The van der Waals surface area contributed by atoms with E-state index in [0.29, 0.717) is 18.0 Å². The number of halogens is 3. The van der Waals surface area contributed by atoms with E-state index in [1.54, 1.807) is 12.1 Å². The fraction of sp³-hybridized carbons (Fsp3) is 0.0952. The Bertz CT molecular complexity index is 1220. The molecule has 0 aromatic heterocycles. The fourth-order valence-electron chi connectivity index (χ4n) is 2.62. The molecule has 1 amide bonds. The summed E-state index contributed by atoms with van der Waals surface area (Å²) in [5.41, 5.74) is 0.132. The van der Waals surface area contributed by atoms with Crippen molar-refractivity contribution in [2.45, 2.75) is 11.8 Å². The van der Waals surface area contributed by atoms with Crippen molar-refractivity contribution >= 4 is 38.9 Å². The van der Waals surface area contributed by atoms with Gasteiger partial charge in [-0.1, -0.05) is 11.6 Å². The van der Waals surface area contributed by atoms with Crippen LogP contribution in [-0.4, -0.2) is 20.9 Å². The molecule has 3 aromatic rings. The van der Waals surface area contributed by atoms with Crippen molar-refractivity contribution in [3.63, 3.8) is 0 Å². The van der Waals surface area contributed by atoms with Gasteiger partial charge < -0.3 is 10.1 Å². The summed E-state index contributed by atoms with van der Waals surface area (Å²) in [6.45, 7) is 2.31. The zero-order chi connectivity index (χ0) is 22.6. The summed E-state index contributed by atoms with van der Waals surface area (Å²) < 4.78 is 59.6. The molecule has 0 saturated carbocycles. The van der Waals surface area contributed by atoms with E-state index < -0.39 is 27.6 Å². The Labute approximate surface area is 182 Å². The highest BCUT2D eigenvalue weighted by Crippen LogP contribution is 2.25. The third kappa shape index (κ3) is 5.50. The zero-order valence-corrected chi connectivity index (χ0v) is 17.7. The van der Waals surface area contributed by atoms with Gasteiger partial charge in [0.05, 0.1) is 22.1 Å². The number of nitrogens with one attached hydrogen (secondary N) is 2. The van der Waals surface area contributed by atoms with E-state index in [4.69, 9.17) is 16.3 Å². The molecule has 0 spiro atoms. The second kappa shape index (κ2) is 9.32. The lowest BCUT2D eigenvalue weighted by molar-refractivity contribution is 0.102. The quantitative estimate of drug-likeness (QED) is 0.509. The maximum absolute atomic E-state index is 13.4. The normalized spacial score (nSPS) is 11.1. The van der Waals surface area contributed by atoms with Gasteiger partial charge in [-0.05, 0) is 61.5 Å². The van der Waals surface area contributed by atoms with Gasteiger partial charge in [-0.25, -0.2) is 17.2 Å². The molecule has 0 atom stereocenters. The van der Waals surface area contributed by atoms with E-state index >= 15 is 0 Å². The minimum atomic E-state index is -4.04. The monoisotopic (exact) mass is 466 g/mol. The molecule has 2 N–H and O–H groups in total. The number of hydrogen-bond donors (Lipinski definition) is 2. The number of rotatable bonds is 7. The molecule has 0 unspecified atom stereocenters. The smallest absolute Gasteiger partial charge is 0.261 e. The van der Waals surface area contributed by atoms with E-state index in [9.17, 15) is 22.0 Å².